The van der Waals surface area contributed by atoms with Gasteiger partial charge in [-0.2, -0.15) is 14.9 Å². The maximum absolute atomic E-state index is 11.7. The van der Waals surface area contributed by atoms with Crippen LogP contribution >= 0.6 is 23.8 Å². The van der Waals surface area contributed by atoms with Crippen molar-refractivity contribution in [1.29, 1.82) is 0 Å². The summed E-state index contributed by atoms with van der Waals surface area (Å²) in [6.07, 6.45) is 2.59. The van der Waals surface area contributed by atoms with Crippen LogP contribution < -0.4 is 15.0 Å². The van der Waals surface area contributed by atoms with Gasteiger partial charge in [-0.25, -0.2) is 0 Å². The van der Waals surface area contributed by atoms with E-state index in [0.29, 0.717) is 28.7 Å². The molecule has 0 amide bonds. The summed E-state index contributed by atoms with van der Waals surface area (Å²) < 4.78 is 12.3. The molecular weight excluding hydrogens is 388 g/mol. The predicted molar refractivity (Wildman–Crippen MR) is 105 cm³/mol. The van der Waals surface area contributed by atoms with Crippen molar-refractivity contribution in [2.24, 2.45) is 5.10 Å². The fourth-order valence-electron chi connectivity index (χ4n) is 2.25. The molecule has 0 unspecified atom stereocenters. The number of aromatic nitrogens is 3. The molecule has 0 aliphatic carbocycles. The number of nitrogens with zero attached hydrogens (tertiary/aromatic N) is 3. The Morgan fingerprint density at radius 2 is 2.15 bits per heavy atom. The van der Waals surface area contributed by atoms with Crippen LogP contribution in [0.5, 0.6) is 11.5 Å². The zero-order chi connectivity index (χ0) is 19.2. The predicted octanol–water partition coefficient (Wildman–Crippen LogP) is 3.42. The van der Waals surface area contributed by atoms with Crippen molar-refractivity contribution >= 4 is 30.0 Å². The van der Waals surface area contributed by atoms with Crippen molar-refractivity contribution in [3.8, 4) is 11.5 Å². The van der Waals surface area contributed by atoms with Crippen molar-refractivity contribution in [3.63, 3.8) is 0 Å². The zero-order valence-electron chi connectivity index (χ0n) is 14.3. The average molecular weight is 403 g/mol. The summed E-state index contributed by atoms with van der Waals surface area (Å²) in [5.41, 5.74) is 1.23. The molecule has 9 heteroatoms. The monoisotopic (exact) mass is 402 g/mol. The molecule has 0 fully saturated rings. The Labute approximate surface area is 164 Å². The Morgan fingerprint density at radius 3 is 2.89 bits per heavy atom. The van der Waals surface area contributed by atoms with E-state index in [4.69, 9.17) is 33.3 Å². The zero-order valence-corrected chi connectivity index (χ0v) is 15.8. The first kappa shape index (κ1) is 18.8. The van der Waals surface area contributed by atoms with Crippen molar-refractivity contribution in [1.82, 2.24) is 14.9 Å². The first-order chi connectivity index (χ1) is 13.1. The second-order valence-corrected chi connectivity index (χ2v) is 6.22. The third-order valence-corrected chi connectivity index (χ3v) is 4.03. The van der Waals surface area contributed by atoms with Crippen LogP contribution in [0, 0.1) is 4.77 Å². The molecule has 1 aromatic heterocycles. The number of rotatable bonds is 6. The van der Waals surface area contributed by atoms with Gasteiger partial charge in [0.15, 0.2) is 11.5 Å². The minimum Gasteiger partial charge on any atom is -0.493 e. The number of hydrogen-bond donors (Lipinski definition) is 1. The minimum absolute atomic E-state index is 0.104. The highest BCUT2D eigenvalue weighted by molar-refractivity contribution is 7.71. The van der Waals surface area contributed by atoms with Gasteiger partial charge in [0.1, 0.15) is 12.8 Å². The van der Waals surface area contributed by atoms with Crippen molar-refractivity contribution in [3.05, 3.63) is 79.9 Å². The maximum atomic E-state index is 11.7. The molecule has 7 nitrogen and oxygen atoms in total. The molecular formula is C18H15ClN4O3S. The molecule has 0 spiro atoms. The molecule has 0 saturated carbocycles. The number of benzene rings is 2. The van der Waals surface area contributed by atoms with Gasteiger partial charge >= 0.3 is 0 Å². The molecule has 0 atom stereocenters. The van der Waals surface area contributed by atoms with Gasteiger partial charge in [0.25, 0.3) is 5.56 Å². The second-order valence-electron chi connectivity index (χ2n) is 5.40. The molecule has 3 aromatic rings. The summed E-state index contributed by atoms with van der Waals surface area (Å²) in [4.78, 5) is 11.7. The van der Waals surface area contributed by atoms with Gasteiger partial charge in [-0.1, -0.05) is 23.7 Å². The van der Waals surface area contributed by atoms with E-state index in [9.17, 15) is 4.79 Å². The highest BCUT2D eigenvalue weighted by Gasteiger charge is 2.06. The van der Waals surface area contributed by atoms with Crippen LogP contribution in [0.15, 0.2) is 58.6 Å². The molecule has 0 saturated heterocycles. The molecule has 3 rings (SSSR count). The van der Waals surface area contributed by atoms with Gasteiger partial charge in [0.05, 0.1) is 13.3 Å². The standard InChI is InChI=1S/C18H15ClN4O3S/c1-25-16-8-12(9-21-23-17(24)10-20-22-18(23)27)5-6-15(16)26-11-13-3-2-4-14(19)7-13/h2-10H,11H2,1H3,(H,22,27)/b21-9+. The largest absolute Gasteiger partial charge is 0.493 e. The average Bonchev–Trinajstić information content (AvgIpc) is 2.66. The van der Waals surface area contributed by atoms with E-state index in [2.05, 4.69) is 15.3 Å². The summed E-state index contributed by atoms with van der Waals surface area (Å²) in [5.74, 6) is 1.11. The van der Waals surface area contributed by atoms with Gasteiger partial charge in [0.2, 0.25) is 4.77 Å². The van der Waals surface area contributed by atoms with Gasteiger partial charge in [-0.05, 0) is 53.7 Å². The summed E-state index contributed by atoms with van der Waals surface area (Å²) in [6, 6.07) is 12.7. The summed E-state index contributed by atoms with van der Waals surface area (Å²) in [5, 5.41) is 10.8. The van der Waals surface area contributed by atoms with E-state index in [1.54, 1.807) is 31.4 Å². The van der Waals surface area contributed by atoms with Gasteiger partial charge < -0.3 is 9.47 Å². The minimum atomic E-state index is -0.427. The number of halogens is 1. The van der Waals surface area contributed by atoms with Crippen LogP contribution in [0.4, 0.5) is 0 Å². The molecule has 138 valence electrons. The van der Waals surface area contributed by atoms with Crippen LogP contribution in [0.25, 0.3) is 0 Å². The fraction of sp³-hybridized carbons (Fsp3) is 0.111. The number of methoxy groups -OCH3 is 1. The van der Waals surface area contributed by atoms with Crippen molar-refractivity contribution in [2.45, 2.75) is 6.61 Å². The molecule has 0 bridgehead atoms. The number of ether oxygens (including phenoxy) is 2. The Kier molecular flexibility index (Phi) is 6.00. The van der Waals surface area contributed by atoms with Crippen LogP contribution in [0.2, 0.25) is 5.02 Å². The Morgan fingerprint density at radius 1 is 1.30 bits per heavy atom. The quantitative estimate of drug-likeness (QED) is 0.504. The van der Waals surface area contributed by atoms with Crippen LogP contribution in [-0.2, 0) is 6.61 Å². The van der Waals surface area contributed by atoms with Crippen molar-refractivity contribution < 1.29 is 9.47 Å². The van der Waals surface area contributed by atoms with E-state index in [1.807, 2.05) is 18.2 Å². The third-order valence-electron chi connectivity index (χ3n) is 3.53. The van der Waals surface area contributed by atoms with Crippen molar-refractivity contribution in [2.75, 3.05) is 7.11 Å². The molecule has 0 aliphatic rings. The van der Waals surface area contributed by atoms with E-state index < -0.39 is 5.56 Å². The number of nitrogens with one attached hydrogen (secondary N) is 1. The molecule has 0 radical (unpaired) electrons. The Bertz CT molecular complexity index is 1070. The lowest BCUT2D eigenvalue weighted by Gasteiger charge is -2.11. The fourth-order valence-corrected chi connectivity index (χ4v) is 2.65. The SMILES string of the molecule is COc1cc(/C=N/n2c(=O)cn[nH]c2=S)ccc1OCc1cccc(Cl)c1. The van der Waals surface area contributed by atoms with Gasteiger partial charge in [0, 0.05) is 5.02 Å². The van der Waals surface area contributed by atoms with E-state index in [-0.39, 0.29) is 4.77 Å². The third kappa shape index (κ3) is 4.81. The lowest BCUT2D eigenvalue weighted by molar-refractivity contribution is 0.284. The topological polar surface area (TPSA) is 81.5 Å². The van der Waals surface area contributed by atoms with Gasteiger partial charge in [-0.15, -0.1) is 0 Å². The molecule has 0 aliphatic heterocycles. The Hall–Kier alpha value is -2.97. The molecule has 2 aromatic carbocycles. The van der Waals surface area contributed by atoms with E-state index in [1.165, 1.54) is 6.21 Å². The molecule has 27 heavy (non-hydrogen) atoms. The highest BCUT2D eigenvalue weighted by Crippen LogP contribution is 2.28. The summed E-state index contributed by atoms with van der Waals surface area (Å²) in [7, 11) is 1.55. The summed E-state index contributed by atoms with van der Waals surface area (Å²) >= 11 is 11.0. The first-order valence-corrected chi connectivity index (χ1v) is 8.62. The number of H-pyrrole nitrogens is 1. The smallest absolute Gasteiger partial charge is 0.293 e. The lowest BCUT2D eigenvalue weighted by atomic mass is 10.2. The highest BCUT2D eigenvalue weighted by atomic mass is 35.5. The first-order valence-electron chi connectivity index (χ1n) is 7.83. The summed E-state index contributed by atoms with van der Waals surface area (Å²) in [6.45, 7) is 0.353. The maximum Gasteiger partial charge on any atom is 0.293 e. The van der Waals surface area contributed by atoms with Gasteiger partial charge in [-0.3, -0.25) is 9.89 Å². The number of hydrogen-bond acceptors (Lipinski definition) is 6. The lowest BCUT2D eigenvalue weighted by Crippen LogP contribution is -2.18. The van der Waals surface area contributed by atoms with E-state index in [0.717, 1.165) is 16.4 Å². The van der Waals surface area contributed by atoms with Crippen LogP contribution in [0.3, 0.4) is 0 Å². The van der Waals surface area contributed by atoms with E-state index >= 15 is 0 Å². The molecule has 1 heterocycles. The second kappa shape index (κ2) is 8.61. The molecule has 1 N–H and O–H groups in total. The number of aromatic amines is 1. The normalized spacial score (nSPS) is 10.9. The van der Waals surface area contributed by atoms with Crippen LogP contribution in [0.1, 0.15) is 11.1 Å². The Balaban J connectivity index is 1.79. The van der Waals surface area contributed by atoms with Crippen LogP contribution in [-0.4, -0.2) is 28.2 Å².